The van der Waals surface area contributed by atoms with Crippen LogP contribution in [-0.2, 0) is 16.0 Å². The van der Waals surface area contributed by atoms with Crippen LogP contribution < -0.4 is 5.32 Å². The fourth-order valence-electron chi connectivity index (χ4n) is 4.79. The molecule has 0 spiro atoms. The number of nitrogens with one attached hydrogen (secondary N) is 1. The number of hydrogen-bond acceptors (Lipinski definition) is 4. The van der Waals surface area contributed by atoms with Crippen LogP contribution in [0.5, 0.6) is 0 Å². The average Bonchev–Trinajstić information content (AvgIpc) is 3.59. The molecule has 6 heteroatoms. The van der Waals surface area contributed by atoms with Crippen LogP contribution in [0.15, 0.2) is 18.2 Å². The first kappa shape index (κ1) is 20.3. The van der Waals surface area contributed by atoms with E-state index in [4.69, 9.17) is 0 Å². The Morgan fingerprint density at radius 2 is 1.86 bits per heavy atom. The van der Waals surface area contributed by atoms with E-state index in [1.54, 1.807) is 0 Å². The van der Waals surface area contributed by atoms with Crippen molar-refractivity contribution in [3.05, 3.63) is 29.6 Å². The fraction of sp³-hybridized carbons (Fsp3) is 0.696. The van der Waals surface area contributed by atoms with Crippen molar-refractivity contribution in [2.45, 2.75) is 57.9 Å². The van der Waals surface area contributed by atoms with Crippen LogP contribution in [0, 0.1) is 18.8 Å². The summed E-state index contributed by atoms with van der Waals surface area (Å²) in [6.45, 7) is 6.35. The molecule has 1 N–H and O–H groups in total. The highest BCUT2D eigenvalue weighted by molar-refractivity contribution is 5.81. The van der Waals surface area contributed by atoms with Gasteiger partial charge in [-0.2, -0.15) is 0 Å². The van der Waals surface area contributed by atoms with Gasteiger partial charge in [0.1, 0.15) is 0 Å². The van der Waals surface area contributed by atoms with Crippen LogP contribution in [-0.4, -0.2) is 65.4 Å². The average molecular weight is 399 g/mol. The minimum absolute atomic E-state index is 0.0837. The normalized spacial score (nSPS) is 23.8. The Morgan fingerprint density at radius 3 is 2.59 bits per heavy atom. The summed E-state index contributed by atoms with van der Waals surface area (Å²) >= 11 is 0. The number of likely N-dealkylation sites (tertiary alicyclic amines) is 2. The van der Waals surface area contributed by atoms with Gasteiger partial charge in [0.05, 0.1) is 5.92 Å². The van der Waals surface area contributed by atoms with Gasteiger partial charge in [0.15, 0.2) is 0 Å². The quantitative estimate of drug-likeness (QED) is 0.798. The summed E-state index contributed by atoms with van der Waals surface area (Å²) in [6, 6.07) is 6.54. The van der Waals surface area contributed by atoms with Crippen molar-refractivity contribution in [3.8, 4) is 0 Å². The number of carbonyl (C=O) groups excluding carboxylic acids is 2. The number of nitrogens with zero attached hydrogens (tertiary/aromatic N) is 3. The van der Waals surface area contributed by atoms with E-state index in [9.17, 15) is 9.59 Å². The van der Waals surface area contributed by atoms with Crippen LogP contribution in [0.3, 0.4) is 0 Å². The maximum atomic E-state index is 12.7. The summed E-state index contributed by atoms with van der Waals surface area (Å²) < 4.78 is 0. The molecule has 0 unspecified atom stereocenters. The lowest BCUT2D eigenvalue weighted by molar-refractivity contribution is -0.134. The summed E-state index contributed by atoms with van der Waals surface area (Å²) in [7, 11) is 0. The first-order valence-corrected chi connectivity index (χ1v) is 11.3. The first-order chi connectivity index (χ1) is 14.1. The third kappa shape index (κ3) is 5.35. The van der Waals surface area contributed by atoms with E-state index in [1.807, 2.05) is 25.1 Å². The standard InChI is InChI=1S/C23H34N4O2/c1-17-4-2-6-20(25-17)9-12-24-22(28)19-5-3-13-27(16-19)21-10-14-26(15-11-21)23(29)18-7-8-18/h2,4,6,18-19,21H,3,5,7-16H2,1H3,(H,24,28)/t19-/m1/s1. The van der Waals surface area contributed by atoms with Gasteiger partial charge in [-0.05, 0) is 64.1 Å². The number of carbonyl (C=O) groups is 2. The number of aryl methyl sites for hydroxylation is 1. The minimum Gasteiger partial charge on any atom is -0.355 e. The van der Waals surface area contributed by atoms with E-state index in [1.165, 1.54) is 0 Å². The van der Waals surface area contributed by atoms with Gasteiger partial charge in [-0.1, -0.05) is 6.07 Å². The van der Waals surface area contributed by atoms with Crippen molar-refractivity contribution in [2.75, 3.05) is 32.7 Å². The molecular formula is C23H34N4O2. The number of pyridine rings is 1. The second-order valence-corrected chi connectivity index (χ2v) is 8.98. The predicted octanol–water partition coefficient (Wildman–Crippen LogP) is 2.16. The zero-order valence-corrected chi connectivity index (χ0v) is 17.6. The molecule has 2 amide bonds. The molecule has 3 heterocycles. The molecule has 3 aliphatic rings. The van der Waals surface area contributed by atoms with Crippen molar-refractivity contribution < 1.29 is 9.59 Å². The molecule has 0 radical (unpaired) electrons. The zero-order valence-electron chi connectivity index (χ0n) is 17.6. The summed E-state index contributed by atoms with van der Waals surface area (Å²) in [5.41, 5.74) is 2.05. The van der Waals surface area contributed by atoms with Crippen LogP contribution in [0.2, 0.25) is 0 Å². The Morgan fingerprint density at radius 1 is 1.07 bits per heavy atom. The number of amides is 2. The number of aromatic nitrogens is 1. The minimum atomic E-state index is 0.0837. The van der Waals surface area contributed by atoms with E-state index in [-0.39, 0.29) is 11.8 Å². The first-order valence-electron chi connectivity index (χ1n) is 11.3. The summed E-state index contributed by atoms with van der Waals surface area (Å²) in [6.07, 6.45) is 7.10. The molecule has 2 aliphatic heterocycles. The van der Waals surface area contributed by atoms with Crippen molar-refractivity contribution >= 4 is 11.8 Å². The fourth-order valence-corrected chi connectivity index (χ4v) is 4.79. The van der Waals surface area contributed by atoms with Crippen LogP contribution in [0.25, 0.3) is 0 Å². The Balaban J connectivity index is 1.20. The lowest BCUT2D eigenvalue weighted by Gasteiger charge is -2.42. The number of rotatable bonds is 6. The van der Waals surface area contributed by atoms with Crippen molar-refractivity contribution in [1.82, 2.24) is 20.1 Å². The van der Waals surface area contributed by atoms with Gasteiger partial charge >= 0.3 is 0 Å². The smallest absolute Gasteiger partial charge is 0.225 e. The topological polar surface area (TPSA) is 65.5 Å². The zero-order chi connectivity index (χ0) is 20.2. The molecule has 29 heavy (non-hydrogen) atoms. The highest BCUT2D eigenvalue weighted by Crippen LogP contribution is 2.32. The molecule has 0 aromatic carbocycles. The van der Waals surface area contributed by atoms with Gasteiger partial charge in [-0.3, -0.25) is 19.5 Å². The summed E-state index contributed by atoms with van der Waals surface area (Å²) in [5.74, 6) is 0.969. The Hall–Kier alpha value is -1.95. The number of hydrogen-bond donors (Lipinski definition) is 1. The van der Waals surface area contributed by atoms with E-state index in [0.29, 0.717) is 24.4 Å². The number of piperidine rings is 2. The highest BCUT2D eigenvalue weighted by Gasteiger charge is 2.37. The van der Waals surface area contributed by atoms with Gasteiger partial charge in [0.2, 0.25) is 11.8 Å². The molecule has 1 atom stereocenters. The van der Waals surface area contributed by atoms with Crippen molar-refractivity contribution in [2.24, 2.45) is 11.8 Å². The molecule has 1 saturated carbocycles. The monoisotopic (exact) mass is 398 g/mol. The van der Waals surface area contributed by atoms with Crippen molar-refractivity contribution in [3.63, 3.8) is 0 Å². The molecule has 6 nitrogen and oxygen atoms in total. The molecule has 158 valence electrons. The van der Waals surface area contributed by atoms with E-state index < -0.39 is 0 Å². The Bertz CT molecular complexity index is 725. The SMILES string of the molecule is Cc1cccc(CCNC(=O)[C@@H]2CCCN(C3CCN(C(=O)C4CC4)CC3)C2)n1. The maximum absolute atomic E-state index is 12.7. The molecule has 1 aromatic rings. The van der Waals surface area contributed by atoms with Crippen LogP contribution >= 0.6 is 0 Å². The molecule has 3 fully saturated rings. The van der Waals surface area contributed by atoms with Crippen molar-refractivity contribution in [1.29, 1.82) is 0 Å². The summed E-state index contributed by atoms with van der Waals surface area (Å²) in [5, 5.41) is 3.13. The highest BCUT2D eigenvalue weighted by atomic mass is 16.2. The molecular weight excluding hydrogens is 364 g/mol. The second kappa shape index (κ2) is 9.24. The van der Waals surface area contributed by atoms with Gasteiger partial charge in [-0.25, -0.2) is 0 Å². The Kier molecular flexibility index (Phi) is 6.48. The van der Waals surface area contributed by atoms with Gasteiger partial charge in [0.25, 0.3) is 0 Å². The van der Waals surface area contributed by atoms with Crippen LogP contribution in [0.4, 0.5) is 0 Å². The lowest BCUT2D eigenvalue weighted by Crippen LogP contribution is -2.51. The summed E-state index contributed by atoms with van der Waals surface area (Å²) in [4.78, 5) is 34.0. The van der Waals surface area contributed by atoms with Gasteiger partial charge in [-0.15, -0.1) is 0 Å². The third-order valence-electron chi connectivity index (χ3n) is 6.67. The molecule has 4 rings (SSSR count). The van der Waals surface area contributed by atoms with Gasteiger partial charge in [0, 0.05) is 55.9 Å². The lowest BCUT2D eigenvalue weighted by atomic mass is 9.93. The van der Waals surface area contributed by atoms with E-state index in [2.05, 4.69) is 20.1 Å². The predicted molar refractivity (Wildman–Crippen MR) is 112 cm³/mol. The third-order valence-corrected chi connectivity index (χ3v) is 6.67. The second-order valence-electron chi connectivity index (χ2n) is 8.98. The van der Waals surface area contributed by atoms with E-state index >= 15 is 0 Å². The van der Waals surface area contributed by atoms with Crippen LogP contribution in [0.1, 0.15) is 49.9 Å². The molecule has 0 bridgehead atoms. The molecule has 1 aromatic heterocycles. The van der Waals surface area contributed by atoms with E-state index in [0.717, 1.165) is 82.5 Å². The molecule has 1 aliphatic carbocycles. The molecule has 2 saturated heterocycles. The Labute approximate surface area is 174 Å². The van der Waals surface area contributed by atoms with Gasteiger partial charge < -0.3 is 10.2 Å². The maximum Gasteiger partial charge on any atom is 0.225 e. The largest absolute Gasteiger partial charge is 0.355 e.